The van der Waals surface area contributed by atoms with E-state index in [-0.39, 0.29) is 5.92 Å². The van der Waals surface area contributed by atoms with Crippen molar-refractivity contribution in [1.82, 2.24) is 0 Å². The molecule has 0 aromatic carbocycles. The summed E-state index contributed by atoms with van der Waals surface area (Å²) < 4.78 is 0. The second-order valence-electron chi connectivity index (χ2n) is 5.30. The average molecular weight is 212 g/mol. The van der Waals surface area contributed by atoms with Gasteiger partial charge in [-0.3, -0.25) is 4.79 Å². The van der Waals surface area contributed by atoms with Crippen LogP contribution in [0.1, 0.15) is 58.8 Å². The van der Waals surface area contributed by atoms with Crippen LogP contribution in [0.2, 0.25) is 0 Å². The second kappa shape index (κ2) is 6.14. The molecule has 0 heterocycles. The molecule has 1 fully saturated rings. The Labute approximate surface area is 93.1 Å². The summed E-state index contributed by atoms with van der Waals surface area (Å²) in [5.41, 5.74) is 0. The van der Waals surface area contributed by atoms with Gasteiger partial charge in [-0.25, -0.2) is 0 Å². The maximum absolute atomic E-state index is 10.6. The molecule has 1 aliphatic rings. The average Bonchev–Trinajstić information content (AvgIpc) is 2.97. The van der Waals surface area contributed by atoms with Crippen molar-refractivity contribution in [3.05, 3.63) is 0 Å². The third kappa shape index (κ3) is 5.81. The molecule has 2 unspecified atom stereocenters. The number of hydrogen-bond donors (Lipinski definition) is 1. The standard InChI is InChI=1S/C13H24O2/c1-10(4-3-5-12-8-9-12)6-7-11(2)13(14)15/h10-12H,3-9H2,1-2H3,(H,14,15). The molecule has 15 heavy (non-hydrogen) atoms. The molecule has 1 N–H and O–H groups in total. The van der Waals surface area contributed by atoms with Crippen LogP contribution in [0.5, 0.6) is 0 Å². The molecule has 2 nitrogen and oxygen atoms in total. The SMILES string of the molecule is CC(CCCC1CC1)CCC(C)C(=O)O. The predicted molar refractivity (Wildman–Crippen MR) is 61.8 cm³/mol. The van der Waals surface area contributed by atoms with Gasteiger partial charge in [0, 0.05) is 0 Å². The Hall–Kier alpha value is -0.530. The van der Waals surface area contributed by atoms with Crippen LogP contribution in [0.3, 0.4) is 0 Å². The Bertz CT molecular complexity index is 197. The van der Waals surface area contributed by atoms with Crippen molar-refractivity contribution in [2.24, 2.45) is 17.8 Å². The van der Waals surface area contributed by atoms with Crippen molar-refractivity contribution in [2.75, 3.05) is 0 Å². The highest BCUT2D eigenvalue weighted by Crippen LogP contribution is 2.34. The van der Waals surface area contributed by atoms with E-state index in [1.807, 2.05) is 0 Å². The van der Waals surface area contributed by atoms with Crippen molar-refractivity contribution in [3.63, 3.8) is 0 Å². The largest absolute Gasteiger partial charge is 0.481 e. The molecule has 0 radical (unpaired) electrons. The zero-order valence-electron chi connectivity index (χ0n) is 10.0. The fourth-order valence-electron chi connectivity index (χ4n) is 1.96. The summed E-state index contributed by atoms with van der Waals surface area (Å²) >= 11 is 0. The summed E-state index contributed by atoms with van der Waals surface area (Å²) in [6, 6.07) is 0. The zero-order valence-corrected chi connectivity index (χ0v) is 10.0. The highest BCUT2D eigenvalue weighted by Gasteiger charge is 2.20. The molecular weight excluding hydrogens is 188 g/mol. The lowest BCUT2D eigenvalue weighted by molar-refractivity contribution is -0.141. The number of carbonyl (C=O) groups is 1. The van der Waals surface area contributed by atoms with Crippen molar-refractivity contribution < 1.29 is 9.90 Å². The molecule has 1 saturated carbocycles. The molecule has 0 amide bonds. The van der Waals surface area contributed by atoms with Gasteiger partial charge in [-0.15, -0.1) is 0 Å². The first kappa shape index (κ1) is 12.5. The first-order valence-corrected chi connectivity index (χ1v) is 6.32. The van der Waals surface area contributed by atoms with Gasteiger partial charge in [-0.1, -0.05) is 46.0 Å². The van der Waals surface area contributed by atoms with Crippen molar-refractivity contribution >= 4 is 5.97 Å². The minimum absolute atomic E-state index is 0.170. The molecular formula is C13H24O2. The number of rotatable bonds is 8. The molecule has 0 bridgehead atoms. The first-order valence-electron chi connectivity index (χ1n) is 6.32. The lowest BCUT2D eigenvalue weighted by Crippen LogP contribution is -2.10. The normalized spacial score (nSPS) is 19.9. The molecule has 1 aliphatic carbocycles. The lowest BCUT2D eigenvalue weighted by atomic mass is 9.94. The second-order valence-corrected chi connectivity index (χ2v) is 5.30. The fraction of sp³-hybridized carbons (Fsp3) is 0.923. The van der Waals surface area contributed by atoms with Gasteiger partial charge < -0.3 is 5.11 Å². The van der Waals surface area contributed by atoms with Gasteiger partial charge in [0.25, 0.3) is 0 Å². The molecule has 0 spiro atoms. The van der Waals surface area contributed by atoms with Crippen LogP contribution in [0.25, 0.3) is 0 Å². The van der Waals surface area contributed by atoms with Crippen molar-refractivity contribution in [3.8, 4) is 0 Å². The van der Waals surface area contributed by atoms with Gasteiger partial charge in [0.15, 0.2) is 0 Å². The van der Waals surface area contributed by atoms with E-state index in [0.29, 0.717) is 5.92 Å². The molecule has 2 heteroatoms. The van der Waals surface area contributed by atoms with E-state index in [9.17, 15) is 4.79 Å². The Balaban J connectivity index is 1.96. The summed E-state index contributed by atoms with van der Waals surface area (Å²) in [5.74, 6) is 0.914. The van der Waals surface area contributed by atoms with E-state index in [2.05, 4.69) is 6.92 Å². The molecule has 0 aromatic heterocycles. The van der Waals surface area contributed by atoms with Gasteiger partial charge in [0.05, 0.1) is 5.92 Å². The van der Waals surface area contributed by atoms with Crippen LogP contribution in [0.4, 0.5) is 0 Å². The predicted octanol–water partition coefficient (Wildman–Crippen LogP) is 3.70. The molecule has 0 saturated heterocycles. The summed E-state index contributed by atoms with van der Waals surface area (Å²) in [6.07, 6.45) is 8.82. The smallest absolute Gasteiger partial charge is 0.306 e. The quantitative estimate of drug-likeness (QED) is 0.666. The molecule has 88 valence electrons. The summed E-state index contributed by atoms with van der Waals surface area (Å²) in [6.45, 7) is 4.06. The number of carboxylic acids is 1. The topological polar surface area (TPSA) is 37.3 Å². The first-order chi connectivity index (χ1) is 7.09. The molecule has 2 atom stereocenters. The summed E-state index contributed by atoms with van der Waals surface area (Å²) in [5, 5.41) is 8.75. The fourth-order valence-corrected chi connectivity index (χ4v) is 1.96. The van der Waals surface area contributed by atoms with Gasteiger partial charge in [0.1, 0.15) is 0 Å². The van der Waals surface area contributed by atoms with Crippen LogP contribution < -0.4 is 0 Å². The van der Waals surface area contributed by atoms with E-state index in [4.69, 9.17) is 5.11 Å². The number of carboxylic acid groups (broad SMARTS) is 1. The van der Waals surface area contributed by atoms with Crippen molar-refractivity contribution in [1.29, 1.82) is 0 Å². The highest BCUT2D eigenvalue weighted by atomic mass is 16.4. The van der Waals surface area contributed by atoms with Gasteiger partial charge in [-0.2, -0.15) is 0 Å². The van der Waals surface area contributed by atoms with Gasteiger partial charge in [0.2, 0.25) is 0 Å². The maximum Gasteiger partial charge on any atom is 0.306 e. The Morgan fingerprint density at radius 2 is 1.93 bits per heavy atom. The highest BCUT2D eigenvalue weighted by molar-refractivity contribution is 5.69. The van der Waals surface area contributed by atoms with Crippen LogP contribution in [0.15, 0.2) is 0 Å². The minimum atomic E-state index is -0.653. The summed E-state index contributed by atoms with van der Waals surface area (Å²) in [7, 11) is 0. The van der Waals surface area contributed by atoms with Crippen LogP contribution in [0, 0.1) is 17.8 Å². The monoisotopic (exact) mass is 212 g/mol. The maximum atomic E-state index is 10.6. The number of aliphatic carboxylic acids is 1. The van der Waals surface area contributed by atoms with Gasteiger partial charge >= 0.3 is 5.97 Å². The molecule has 0 aliphatic heterocycles. The minimum Gasteiger partial charge on any atom is -0.481 e. The Kier molecular flexibility index (Phi) is 5.13. The van der Waals surface area contributed by atoms with Crippen LogP contribution in [-0.4, -0.2) is 11.1 Å². The summed E-state index contributed by atoms with van der Waals surface area (Å²) in [4.78, 5) is 10.6. The van der Waals surface area contributed by atoms with E-state index in [1.54, 1.807) is 6.92 Å². The van der Waals surface area contributed by atoms with Gasteiger partial charge in [-0.05, 0) is 24.7 Å². The van der Waals surface area contributed by atoms with Crippen LogP contribution >= 0.6 is 0 Å². The third-order valence-corrected chi connectivity index (χ3v) is 3.52. The Morgan fingerprint density at radius 1 is 1.27 bits per heavy atom. The zero-order chi connectivity index (χ0) is 11.3. The van der Waals surface area contributed by atoms with E-state index in [0.717, 1.165) is 18.8 Å². The number of hydrogen-bond acceptors (Lipinski definition) is 1. The molecule has 0 aromatic rings. The Morgan fingerprint density at radius 3 is 2.47 bits per heavy atom. The lowest BCUT2D eigenvalue weighted by Gasteiger charge is -2.12. The third-order valence-electron chi connectivity index (χ3n) is 3.52. The van der Waals surface area contributed by atoms with Crippen molar-refractivity contribution in [2.45, 2.75) is 58.8 Å². The van der Waals surface area contributed by atoms with Crippen LogP contribution in [-0.2, 0) is 4.79 Å². The van der Waals surface area contributed by atoms with E-state index < -0.39 is 5.97 Å². The molecule has 1 rings (SSSR count). The van der Waals surface area contributed by atoms with E-state index >= 15 is 0 Å². The van der Waals surface area contributed by atoms with E-state index in [1.165, 1.54) is 32.1 Å².